The Labute approximate surface area is 193 Å². The van der Waals surface area contributed by atoms with Crippen LogP contribution in [0.25, 0.3) is 11.6 Å². The minimum atomic E-state index is -1.51. The molecule has 1 atom stereocenters. The maximum absolute atomic E-state index is 13.1. The van der Waals surface area contributed by atoms with Crippen molar-refractivity contribution >= 4 is 23.9 Å². The van der Waals surface area contributed by atoms with E-state index in [-0.39, 0.29) is 24.4 Å². The first-order valence-electron chi connectivity index (χ1n) is 10.6. The fourth-order valence-electron chi connectivity index (χ4n) is 4.10. The molecule has 12 heteroatoms. The number of nitrogens with one attached hydrogen (secondary N) is 3. The van der Waals surface area contributed by atoms with Gasteiger partial charge in [0.1, 0.15) is 11.4 Å². The summed E-state index contributed by atoms with van der Waals surface area (Å²) >= 11 is 0. The number of rotatable bonds is 7. The molecule has 3 N–H and O–H groups in total. The summed E-state index contributed by atoms with van der Waals surface area (Å²) in [6.07, 6.45) is 1.45. The number of imide groups is 1. The zero-order valence-corrected chi connectivity index (χ0v) is 18.4. The standard InChI is InChI=1S/C22H21N7O5/c1-3-23-21-28-27-17(34-21)16-7-5-13(9-24-16)22(19(31)25-20(32)26-22)11-29-10-12-4-6-14(33-2)8-15(12)18(29)30/h4-9H,3,10-11H2,1-2H3,(H,23,28)(H2,25,26,31,32)/t22-/m0/s1. The number of carbonyl (C=O) groups is 3. The minimum absolute atomic E-state index is 0.0768. The van der Waals surface area contributed by atoms with Gasteiger partial charge in [-0.1, -0.05) is 17.2 Å². The Hall–Kier alpha value is -4.48. The van der Waals surface area contributed by atoms with Gasteiger partial charge in [-0.3, -0.25) is 19.9 Å². The lowest BCUT2D eigenvalue weighted by Crippen LogP contribution is -2.52. The molecule has 0 bridgehead atoms. The third-order valence-corrected chi connectivity index (χ3v) is 5.79. The molecular formula is C22H21N7O5. The van der Waals surface area contributed by atoms with Gasteiger partial charge in [0.25, 0.3) is 17.7 Å². The number of aromatic nitrogens is 3. The molecule has 174 valence electrons. The van der Waals surface area contributed by atoms with Gasteiger partial charge in [-0.2, -0.15) is 0 Å². The highest BCUT2D eigenvalue weighted by atomic mass is 16.5. The summed E-state index contributed by atoms with van der Waals surface area (Å²) in [7, 11) is 1.53. The predicted molar refractivity (Wildman–Crippen MR) is 118 cm³/mol. The molecule has 4 amide bonds. The largest absolute Gasteiger partial charge is 0.497 e. The highest BCUT2D eigenvalue weighted by molar-refractivity contribution is 6.08. The first-order valence-corrected chi connectivity index (χ1v) is 10.6. The molecule has 2 aliphatic heterocycles. The molecule has 0 radical (unpaired) electrons. The Morgan fingerprint density at radius 1 is 1.21 bits per heavy atom. The Balaban J connectivity index is 1.44. The lowest BCUT2D eigenvalue weighted by molar-refractivity contribution is -0.124. The number of methoxy groups -OCH3 is 1. The molecule has 3 aromatic rings. The molecule has 2 aromatic heterocycles. The highest BCUT2D eigenvalue weighted by Gasteiger charge is 2.50. The average molecular weight is 463 g/mol. The number of urea groups is 1. The van der Waals surface area contributed by atoms with Gasteiger partial charge in [-0.05, 0) is 30.7 Å². The molecule has 1 saturated heterocycles. The van der Waals surface area contributed by atoms with Crippen molar-refractivity contribution < 1.29 is 23.5 Å². The Kier molecular flexibility index (Phi) is 5.11. The zero-order chi connectivity index (χ0) is 23.9. The Morgan fingerprint density at radius 3 is 2.74 bits per heavy atom. The smallest absolute Gasteiger partial charge is 0.322 e. The molecule has 1 aromatic carbocycles. The van der Waals surface area contributed by atoms with E-state index in [2.05, 4.69) is 31.1 Å². The van der Waals surface area contributed by atoms with E-state index >= 15 is 0 Å². The van der Waals surface area contributed by atoms with E-state index < -0.39 is 17.5 Å². The summed E-state index contributed by atoms with van der Waals surface area (Å²) in [6.45, 7) is 2.74. The summed E-state index contributed by atoms with van der Waals surface area (Å²) in [5.41, 5.74) is 0.616. The minimum Gasteiger partial charge on any atom is -0.497 e. The zero-order valence-electron chi connectivity index (χ0n) is 18.4. The van der Waals surface area contributed by atoms with Crippen molar-refractivity contribution in [3.63, 3.8) is 0 Å². The normalized spacial score (nSPS) is 19.1. The van der Waals surface area contributed by atoms with Crippen molar-refractivity contribution in [2.75, 3.05) is 25.5 Å². The van der Waals surface area contributed by atoms with E-state index in [4.69, 9.17) is 9.15 Å². The van der Waals surface area contributed by atoms with Crippen LogP contribution in [0.5, 0.6) is 5.75 Å². The van der Waals surface area contributed by atoms with E-state index in [0.717, 1.165) is 5.56 Å². The average Bonchev–Trinajstić information content (AvgIpc) is 3.51. The number of nitrogens with zero attached hydrogens (tertiary/aromatic N) is 4. The maximum Gasteiger partial charge on any atom is 0.322 e. The molecule has 0 saturated carbocycles. The number of benzene rings is 1. The molecule has 34 heavy (non-hydrogen) atoms. The lowest BCUT2D eigenvalue weighted by atomic mass is 9.90. The van der Waals surface area contributed by atoms with Crippen LogP contribution in [0.1, 0.15) is 28.4 Å². The van der Waals surface area contributed by atoms with Crippen LogP contribution in [-0.4, -0.2) is 58.1 Å². The predicted octanol–water partition coefficient (Wildman–Crippen LogP) is 1.26. The second-order valence-corrected chi connectivity index (χ2v) is 7.87. The fraction of sp³-hybridized carbons (Fsp3) is 0.273. The van der Waals surface area contributed by atoms with Crippen LogP contribution < -0.4 is 20.7 Å². The first-order chi connectivity index (χ1) is 16.4. The second kappa shape index (κ2) is 8.14. The molecule has 0 aliphatic carbocycles. The van der Waals surface area contributed by atoms with Crippen molar-refractivity contribution in [3.8, 4) is 17.3 Å². The van der Waals surface area contributed by atoms with Crippen LogP contribution >= 0.6 is 0 Å². The SMILES string of the molecule is CCNc1nnc(-c2ccc([C@]3(CN4Cc5ccc(OC)cc5C4=O)NC(=O)NC3=O)cn2)o1. The van der Waals surface area contributed by atoms with Crippen LogP contribution in [0.15, 0.2) is 40.9 Å². The number of hydrogen-bond acceptors (Lipinski definition) is 9. The van der Waals surface area contributed by atoms with E-state index in [1.165, 1.54) is 18.2 Å². The number of pyridine rings is 1. The van der Waals surface area contributed by atoms with Crippen molar-refractivity contribution in [2.24, 2.45) is 0 Å². The molecule has 5 rings (SSSR count). The van der Waals surface area contributed by atoms with E-state index in [1.54, 1.807) is 24.3 Å². The molecule has 2 aliphatic rings. The molecule has 0 spiro atoms. The second-order valence-electron chi connectivity index (χ2n) is 7.87. The van der Waals surface area contributed by atoms with Crippen LogP contribution in [0.4, 0.5) is 10.8 Å². The van der Waals surface area contributed by atoms with Gasteiger partial charge in [0, 0.05) is 30.4 Å². The summed E-state index contributed by atoms with van der Waals surface area (Å²) in [5, 5.41) is 15.7. The quantitative estimate of drug-likeness (QED) is 0.440. The monoisotopic (exact) mass is 463 g/mol. The van der Waals surface area contributed by atoms with Crippen molar-refractivity contribution in [2.45, 2.75) is 19.0 Å². The van der Waals surface area contributed by atoms with E-state index in [1.807, 2.05) is 13.0 Å². The summed E-state index contributed by atoms with van der Waals surface area (Å²) in [5.74, 6) is -0.0570. The highest BCUT2D eigenvalue weighted by Crippen LogP contribution is 2.32. The fourth-order valence-corrected chi connectivity index (χ4v) is 4.10. The van der Waals surface area contributed by atoms with E-state index in [9.17, 15) is 14.4 Å². The van der Waals surface area contributed by atoms with Gasteiger partial charge in [0.15, 0.2) is 5.54 Å². The van der Waals surface area contributed by atoms with Crippen LogP contribution in [0, 0.1) is 0 Å². The van der Waals surface area contributed by atoms with Gasteiger partial charge in [0.2, 0.25) is 0 Å². The number of hydrogen-bond donors (Lipinski definition) is 3. The molecular weight excluding hydrogens is 442 g/mol. The van der Waals surface area contributed by atoms with Gasteiger partial charge in [-0.25, -0.2) is 4.79 Å². The van der Waals surface area contributed by atoms with Gasteiger partial charge in [-0.15, -0.1) is 5.10 Å². The lowest BCUT2D eigenvalue weighted by Gasteiger charge is -2.31. The Bertz CT molecular complexity index is 1290. The third-order valence-electron chi connectivity index (χ3n) is 5.79. The number of carbonyl (C=O) groups excluding carboxylic acids is 3. The third kappa shape index (κ3) is 3.49. The molecule has 4 heterocycles. The summed E-state index contributed by atoms with van der Waals surface area (Å²) in [6, 6.07) is 8.13. The van der Waals surface area contributed by atoms with Crippen molar-refractivity contribution in [1.29, 1.82) is 0 Å². The summed E-state index contributed by atoms with van der Waals surface area (Å²) < 4.78 is 10.7. The van der Waals surface area contributed by atoms with Gasteiger partial charge in [0.05, 0.1) is 13.7 Å². The molecule has 0 unspecified atom stereocenters. The van der Waals surface area contributed by atoms with Crippen molar-refractivity contribution in [3.05, 3.63) is 53.2 Å². The topological polar surface area (TPSA) is 152 Å². The maximum atomic E-state index is 13.1. The number of anilines is 1. The van der Waals surface area contributed by atoms with Crippen LogP contribution in [0.2, 0.25) is 0 Å². The van der Waals surface area contributed by atoms with Crippen molar-refractivity contribution in [1.82, 2.24) is 30.7 Å². The van der Waals surface area contributed by atoms with Crippen LogP contribution in [-0.2, 0) is 16.9 Å². The number of fused-ring (bicyclic) bond motifs is 1. The summed E-state index contributed by atoms with van der Waals surface area (Å²) in [4.78, 5) is 44.1. The Morgan fingerprint density at radius 2 is 2.06 bits per heavy atom. The molecule has 1 fully saturated rings. The first kappa shape index (κ1) is 21.4. The number of ether oxygens (including phenoxy) is 1. The van der Waals surface area contributed by atoms with Gasteiger partial charge < -0.3 is 24.7 Å². The van der Waals surface area contributed by atoms with Crippen LogP contribution in [0.3, 0.4) is 0 Å². The van der Waals surface area contributed by atoms with E-state index in [0.29, 0.717) is 35.7 Å². The molecule has 12 nitrogen and oxygen atoms in total. The number of amides is 4. The van der Waals surface area contributed by atoms with Gasteiger partial charge >= 0.3 is 12.0 Å².